The molecule has 0 saturated carbocycles. The van der Waals surface area contributed by atoms with Crippen LogP contribution in [0.1, 0.15) is 41.2 Å². The molecule has 2 N–H and O–H groups in total. The van der Waals surface area contributed by atoms with Gasteiger partial charge >= 0.3 is 0 Å². The molecule has 1 unspecified atom stereocenters. The largest absolute Gasteiger partial charge is 0.349 e. The van der Waals surface area contributed by atoms with Gasteiger partial charge in [0.05, 0.1) is 0 Å². The molecule has 21 heavy (non-hydrogen) atoms. The lowest BCUT2D eigenvalue weighted by Gasteiger charge is -2.12. The molecule has 0 saturated heterocycles. The van der Waals surface area contributed by atoms with Gasteiger partial charge in [0.15, 0.2) is 0 Å². The molecule has 0 bridgehead atoms. The summed E-state index contributed by atoms with van der Waals surface area (Å²) < 4.78 is 0. The van der Waals surface area contributed by atoms with E-state index in [1.807, 2.05) is 32.8 Å². The molecule has 0 aromatic carbocycles. The van der Waals surface area contributed by atoms with Crippen molar-refractivity contribution in [2.24, 2.45) is 0 Å². The number of carbonyl (C=O) groups excluding carboxylic acids is 2. The zero-order chi connectivity index (χ0) is 15.8. The van der Waals surface area contributed by atoms with E-state index in [2.05, 4.69) is 15.6 Å². The SMILES string of the molecule is CCC(C)NC(=O)c1cccc(C(=O)NCCN(C)C)n1. The molecule has 0 fully saturated rings. The van der Waals surface area contributed by atoms with Crippen molar-refractivity contribution < 1.29 is 9.59 Å². The summed E-state index contributed by atoms with van der Waals surface area (Å²) in [6.45, 7) is 5.21. The summed E-state index contributed by atoms with van der Waals surface area (Å²) in [5.74, 6) is -0.526. The average molecular weight is 292 g/mol. The van der Waals surface area contributed by atoms with Gasteiger partial charge in [-0.2, -0.15) is 0 Å². The summed E-state index contributed by atoms with van der Waals surface area (Å²) in [4.78, 5) is 30.0. The molecule has 1 heterocycles. The van der Waals surface area contributed by atoms with E-state index in [0.717, 1.165) is 13.0 Å². The summed E-state index contributed by atoms with van der Waals surface area (Å²) >= 11 is 0. The molecule has 0 spiro atoms. The number of amides is 2. The lowest BCUT2D eigenvalue weighted by atomic mass is 10.2. The Labute approximate surface area is 125 Å². The van der Waals surface area contributed by atoms with E-state index in [9.17, 15) is 9.59 Å². The Morgan fingerprint density at radius 1 is 1.24 bits per heavy atom. The number of likely N-dealkylation sites (N-methyl/N-ethyl adjacent to an activating group) is 1. The van der Waals surface area contributed by atoms with Crippen LogP contribution in [-0.4, -0.2) is 54.9 Å². The monoisotopic (exact) mass is 292 g/mol. The third-order valence-corrected chi connectivity index (χ3v) is 3.05. The second-order valence-electron chi connectivity index (χ2n) is 5.25. The third-order valence-electron chi connectivity index (χ3n) is 3.05. The van der Waals surface area contributed by atoms with Crippen LogP contribution >= 0.6 is 0 Å². The molecule has 116 valence electrons. The number of pyridine rings is 1. The molecule has 0 aliphatic rings. The maximum Gasteiger partial charge on any atom is 0.270 e. The van der Waals surface area contributed by atoms with Crippen molar-refractivity contribution in [1.29, 1.82) is 0 Å². The number of aromatic nitrogens is 1. The Kier molecular flexibility index (Phi) is 6.81. The first-order valence-electron chi connectivity index (χ1n) is 7.15. The maximum absolute atomic E-state index is 12.0. The van der Waals surface area contributed by atoms with E-state index >= 15 is 0 Å². The molecule has 0 radical (unpaired) electrons. The molecular formula is C15H24N4O2. The van der Waals surface area contributed by atoms with Crippen LogP contribution in [0.25, 0.3) is 0 Å². The summed E-state index contributed by atoms with van der Waals surface area (Å²) in [7, 11) is 3.87. The minimum absolute atomic E-state index is 0.0804. The average Bonchev–Trinajstić information content (AvgIpc) is 2.46. The molecule has 2 amide bonds. The topological polar surface area (TPSA) is 74.3 Å². The normalized spacial score (nSPS) is 12.0. The molecule has 1 aromatic rings. The van der Waals surface area contributed by atoms with Crippen LogP contribution in [0.4, 0.5) is 0 Å². The van der Waals surface area contributed by atoms with E-state index in [-0.39, 0.29) is 29.2 Å². The van der Waals surface area contributed by atoms with Gasteiger partial charge < -0.3 is 15.5 Å². The van der Waals surface area contributed by atoms with Crippen molar-refractivity contribution in [2.75, 3.05) is 27.2 Å². The first-order chi connectivity index (χ1) is 9.93. The molecule has 1 atom stereocenters. The highest BCUT2D eigenvalue weighted by Crippen LogP contribution is 2.01. The number of nitrogens with zero attached hydrogens (tertiary/aromatic N) is 2. The highest BCUT2D eigenvalue weighted by Gasteiger charge is 2.13. The number of rotatable bonds is 7. The third kappa shape index (κ3) is 5.91. The number of hydrogen-bond donors (Lipinski definition) is 2. The predicted molar refractivity (Wildman–Crippen MR) is 82.3 cm³/mol. The Hall–Kier alpha value is -1.95. The van der Waals surface area contributed by atoms with Gasteiger partial charge in [-0.25, -0.2) is 4.98 Å². The Morgan fingerprint density at radius 3 is 2.43 bits per heavy atom. The second-order valence-corrected chi connectivity index (χ2v) is 5.25. The van der Waals surface area contributed by atoms with E-state index in [1.54, 1.807) is 18.2 Å². The summed E-state index contributed by atoms with van der Waals surface area (Å²) in [6.07, 6.45) is 0.844. The van der Waals surface area contributed by atoms with Gasteiger partial charge in [0.2, 0.25) is 0 Å². The number of hydrogen-bond acceptors (Lipinski definition) is 4. The molecule has 0 aliphatic carbocycles. The first kappa shape index (κ1) is 17.1. The molecule has 6 heteroatoms. The minimum atomic E-state index is -0.268. The molecule has 1 aromatic heterocycles. The summed E-state index contributed by atoms with van der Waals surface area (Å²) in [5.41, 5.74) is 0.515. The Bertz CT molecular complexity index is 488. The minimum Gasteiger partial charge on any atom is -0.349 e. The van der Waals surface area contributed by atoms with Gasteiger partial charge in [0, 0.05) is 19.1 Å². The smallest absolute Gasteiger partial charge is 0.270 e. The summed E-state index contributed by atoms with van der Waals surface area (Å²) in [5, 5.41) is 5.60. The van der Waals surface area contributed by atoms with Crippen molar-refractivity contribution in [3.8, 4) is 0 Å². The standard InChI is InChI=1S/C15H24N4O2/c1-5-11(2)17-15(21)13-8-6-7-12(18-13)14(20)16-9-10-19(3)4/h6-8,11H,5,9-10H2,1-4H3,(H,16,20)(H,17,21). The van der Waals surface area contributed by atoms with E-state index in [0.29, 0.717) is 6.54 Å². The van der Waals surface area contributed by atoms with Crippen molar-refractivity contribution in [1.82, 2.24) is 20.5 Å². The number of carbonyl (C=O) groups is 2. The van der Waals surface area contributed by atoms with Crippen LogP contribution in [0.2, 0.25) is 0 Å². The second kappa shape index (κ2) is 8.36. The van der Waals surface area contributed by atoms with Crippen LogP contribution < -0.4 is 10.6 Å². The van der Waals surface area contributed by atoms with Crippen molar-refractivity contribution in [3.05, 3.63) is 29.6 Å². The van der Waals surface area contributed by atoms with Gasteiger partial charge in [-0.05, 0) is 39.6 Å². The molecule has 1 rings (SSSR count). The van der Waals surface area contributed by atoms with Gasteiger partial charge in [-0.3, -0.25) is 9.59 Å². The zero-order valence-corrected chi connectivity index (χ0v) is 13.1. The van der Waals surface area contributed by atoms with Gasteiger partial charge in [0.25, 0.3) is 11.8 Å². The Balaban J connectivity index is 2.67. The van der Waals surface area contributed by atoms with Crippen LogP contribution in [0.5, 0.6) is 0 Å². The Morgan fingerprint density at radius 2 is 1.86 bits per heavy atom. The maximum atomic E-state index is 12.0. The fraction of sp³-hybridized carbons (Fsp3) is 0.533. The van der Waals surface area contributed by atoms with E-state index in [4.69, 9.17) is 0 Å². The predicted octanol–water partition coefficient (Wildman–Crippen LogP) is 0.901. The summed E-state index contributed by atoms with van der Waals surface area (Å²) in [6, 6.07) is 4.95. The zero-order valence-electron chi connectivity index (χ0n) is 13.1. The van der Waals surface area contributed by atoms with Crippen LogP contribution in [0.3, 0.4) is 0 Å². The van der Waals surface area contributed by atoms with Crippen LogP contribution in [0.15, 0.2) is 18.2 Å². The van der Waals surface area contributed by atoms with Crippen LogP contribution in [-0.2, 0) is 0 Å². The van der Waals surface area contributed by atoms with Crippen molar-refractivity contribution >= 4 is 11.8 Å². The molecule has 0 aliphatic heterocycles. The van der Waals surface area contributed by atoms with Gasteiger partial charge in [-0.15, -0.1) is 0 Å². The van der Waals surface area contributed by atoms with E-state index < -0.39 is 0 Å². The molecule has 6 nitrogen and oxygen atoms in total. The van der Waals surface area contributed by atoms with Crippen LogP contribution in [0, 0.1) is 0 Å². The fourth-order valence-corrected chi connectivity index (χ4v) is 1.57. The van der Waals surface area contributed by atoms with Gasteiger partial charge in [-0.1, -0.05) is 13.0 Å². The van der Waals surface area contributed by atoms with Crippen molar-refractivity contribution in [3.63, 3.8) is 0 Å². The fourth-order valence-electron chi connectivity index (χ4n) is 1.57. The lowest BCUT2D eigenvalue weighted by Crippen LogP contribution is -2.34. The first-order valence-corrected chi connectivity index (χ1v) is 7.15. The van der Waals surface area contributed by atoms with E-state index in [1.165, 1.54) is 0 Å². The van der Waals surface area contributed by atoms with Crippen molar-refractivity contribution in [2.45, 2.75) is 26.3 Å². The quantitative estimate of drug-likeness (QED) is 0.783. The highest BCUT2D eigenvalue weighted by molar-refractivity contribution is 5.96. The van der Waals surface area contributed by atoms with Gasteiger partial charge in [0.1, 0.15) is 11.4 Å². The molecular weight excluding hydrogens is 268 g/mol. The number of nitrogens with one attached hydrogen (secondary N) is 2. The highest BCUT2D eigenvalue weighted by atomic mass is 16.2. The lowest BCUT2D eigenvalue weighted by molar-refractivity contribution is 0.0933.